The number of nitrogens with zero attached hydrogens (tertiary/aromatic N) is 4. The lowest BCUT2D eigenvalue weighted by Crippen LogP contribution is -2.65. The number of fused-ring (bicyclic) bond motifs is 9. The van der Waals surface area contributed by atoms with Crippen LogP contribution in [0, 0.1) is 0 Å². The molecule has 2 N–H and O–H groups in total. The summed E-state index contributed by atoms with van der Waals surface area (Å²) in [6.45, 7) is -3.58. The second-order valence-electron chi connectivity index (χ2n) is 10.4. The SMILES string of the molecule is O=C1N[C@@H]2C[C@H](c3c1ccc(OC(F)F)c3-c1cccc(CN3CC(O)C3C(F)(F)F)n1)n1c2nc2ccccc21. The number of rotatable bonds is 5. The van der Waals surface area contributed by atoms with Crippen molar-refractivity contribution in [3.63, 3.8) is 0 Å². The third kappa shape index (κ3) is 4.13. The molecule has 0 saturated carbocycles. The number of hydrogen-bond donors (Lipinski definition) is 2. The van der Waals surface area contributed by atoms with Gasteiger partial charge in [0.1, 0.15) is 17.6 Å². The molecule has 41 heavy (non-hydrogen) atoms. The first kappa shape index (κ1) is 25.8. The number of ether oxygens (including phenoxy) is 1. The lowest BCUT2D eigenvalue weighted by Gasteiger charge is -2.45. The Morgan fingerprint density at radius 2 is 1.88 bits per heavy atom. The van der Waals surface area contributed by atoms with Crippen LogP contribution in [0.15, 0.2) is 54.6 Å². The van der Waals surface area contributed by atoms with E-state index in [0.717, 1.165) is 10.4 Å². The molecule has 0 spiro atoms. The van der Waals surface area contributed by atoms with E-state index in [1.54, 1.807) is 12.1 Å². The first-order valence-electron chi connectivity index (χ1n) is 12.9. The zero-order chi connectivity index (χ0) is 28.6. The Balaban J connectivity index is 1.38. The minimum atomic E-state index is -4.62. The van der Waals surface area contributed by atoms with Crippen LogP contribution in [-0.2, 0) is 6.54 Å². The number of imidazole rings is 1. The zero-order valence-electron chi connectivity index (χ0n) is 21.1. The Morgan fingerprint density at radius 3 is 2.63 bits per heavy atom. The van der Waals surface area contributed by atoms with Crippen molar-refractivity contribution >= 4 is 16.9 Å². The molecular formula is C28H22F5N5O3. The van der Waals surface area contributed by atoms with Crippen molar-refractivity contribution in [1.29, 1.82) is 0 Å². The van der Waals surface area contributed by atoms with E-state index in [9.17, 15) is 31.9 Å². The van der Waals surface area contributed by atoms with Gasteiger partial charge in [-0.1, -0.05) is 18.2 Å². The third-order valence-electron chi connectivity index (χ3n) is 7.95. The molecule has 2 aromatic carbocycles. The van der Waals surface area contributed by atoms with Gasteiger partial charge in [-0.25, -0.2) is 4.98 Å². The van der Waals surface area contributed by atoms with Crippen molar-refractivity contribution in [3.05, 3.63) is 77.2 Å². The van der Waals surface area contributed by atoms with E-state index in [2.05, 4.69) is 10.3 Å². The van der Waals surface area contributed by atoms with E-state index < -0.39 is 42.9 Å². The molecule has 5 heterocycles. The van der Waals surface area contributed by atoms with Crippen LogP contribution in [0.25, 0.3) is 22.3 Å². The van der Waals surface area contributed by atoms with Crippen LogP contribution in [0.4, 0.5) is 22.0 Å². The number of benzene rings is 2. The highest BCUT2D eigenvalue weighted by atomic mass is 19.4. The number of aromatic nitrogens is 3. The highest BCUT2D eigenvalue weighted by molar-refractivity contribution is 6.00. The van der Waals surface area contributed by atoms with Crippen LogP contribution in [0.2, 0.25) is 0 Å². The molecule has 1 fully saturated rings. The lowest BCUT2D eigenvalue weighted by molar-refractivity contribution is -0.249. The molecule has 2 bridgehead atoms. The number of carbonyl (C=O) groups excluding carboxylic acids is 1. The summed E-state index contributed by atoms with van der Waals surface area (Å²) in [7, 11) is 0. The summed E-state index contributed by atoms with van der Waals surface area (Å²) < 4.78 is 74.4. The van der Waals surface area contributed by atoms with Gasteiger partial charge in [0.25, 0.3) is 5.91 Å². The minimum absolute atomic E-state index is 0.159. The highest BCUT2D eigenvalue weighted by Gasteiger charge is 2.54. The van der Waals surface area contributed by atoms with E-state index in [1.165, 1.54) is 18.2 Å². The fraction of sp³-hybridized carbons (Fsp3) is 0.321. The number of aliphatic hydroxyl groups excluding tert-OH is 1. The number of nitrogens with one attached hydrogen (secondary N) is 1. The standard InChI is InChI=1S/C28H22F5N5O3/c29-27(30)41-21-9-8-14-22(19-10-17(36-26(14)40)25-35-15-5-1-2-7-18(15)38(19)25)23(21)16-6-3-4-13(34-16)11-37-12-20(39)24(37)28(31,32)33/h1-9,17,19-20,24,27,39H,10-12H2,(H,36,40)/t17-,19-,20?,24?/m1/s1. The molecule has 4 atom stereocenters. The first-order chi connectivity index (χ1) is 19.6. The van der Waals surface area contributed by atoms with Crippen molar-refractivity contribution in [2.75, 3.05) is 6.54 Å². The Morgan fingerprint density at radius 1 is 1.07 bits per heavy atom. The van der Waals surface area contributed by atoms with E-state index in [1.807, 2.05) is 28.8 Å². The summed E-state index contributed by atoms with van der Waals surface area (Å²) in [4.78, 5) is 23.7. The van der Waals surface area contributed by atoms with Gasteiger partial charge in [0.15, 0.2) is 0 Å². The van der Waals surface area contributed by atoms with Crippen LogP contribution in [0.5, 0.6) is 5.75 Å². The number of aliphatic hydroxyl groups is 1. The Hall–Kier alpha value is -4.10. The number of β-amino-alcohol motifs (C(OH)–C–C–N with tert-alkyl or cyclic N) is 1. The number of likely N-dealkylation sites (tertiary alicyclic amines) is 1. The number of carbonyl (C=O) groups is 1. The molecule has 8 nitrogen and oxygen atoms in total. The summed E-state index contributed by atoms with van der Waals surface area (Å²) in [6, 6.07) is 11.9. The number of hydrogen-bond acceptors (Lipinski definition) is 6. The van der Waals surface area contributed by atoms with Crippen LogP contribution >= 0.6 is 0 Å². The topological polar surface area (TPSA) is 92.5 Å². The predicted molar refractivity (Wildman–Crippen MR) is 135 cm³/mol. The zero-order valence-corrected chi connectivity index (χ0v) is 21.1. The van der Waals surface area contributed by atoms with E-state index in [4.69, 9.17) is 9.72 Å². The fourth-order valence-corrected chi connectivity index (χ4v) is 6.34. The average Bonchev–Trinajstić information content (AvgIpc) is 3.39. The van der Waals surface area contributed by atoms with Crippen molar-refractivity contribution in [1.82, 2.24) is 24.8 Å². The monoisotopic (exact) mass is 571 g/mol. The van der Waals surface area contributed by atoms with Crippen molar-refractivity contribution in [2.24, 2.45) is 0 Å². The normalized spacial score (nSPS) is 23.6. The van der Waals surface area contributed by atoms with E-state index in [0.29, 0.717) is 23.3 Å². The van der Waals surface area contributed by atoms with Gasteiger partial charge >= 0.3 is 12.8 Å². The molecule has 1 saturated heterocycles. The van der Waals surface area contributed by atoms with Gasteiger partial charge in [-0.2, -0.15) is 22.0 Å². The van der Waals surface area contributed by atoms with E-state index >= 15 is 0 Å². The van der Waals surface area contributed by atoms with Gasteiger partial charge in [-0.15, -0.1) is 0 Å². The van der Waals surface area contributed by atoms with Gasteiger partial charge in [-0.3, -0.25) is 14.7 Å². The van der Waals surface area contributed by atoms with Crippen LogP contribution in [0.1, 0.15) is 45.9 Å². The minimum Gasteiger partial charge on any atom is -0.434 e. The largest absolute Gasteiger partial charge is 0.434 e. The second kappa shape index (κ2) is 9.21. The number of pyridine rings is 1. The summed E-state index contributed by atoms with van der Waals surface area (Å²) in [6.07, 6.45) is -5.75. The molecule has 13 heteroatoms. The van der Waals surface area contributed by atoms with E-state index in [-0.39, 0.29) is 41.4 Å². The maximum atomic E-state index is 13.6. The molecule has 7 rings (SSSR count). The van der Waals surface area contributed by atoms with Crippen LogP contribution in [0.3, 0.4) is 0 Å². The molecule has 1 amide bonds. The third-order valence-corrected chi connectivity index (χ3v) is 7.95. The second-order valence-corrected chi connectivity index (χ2v) is 10.4. The van der Waals surface area contributed by atoms with Crippen LogP contribution in [-0.4, -0.2) is 61.9 Å². The van der Waals surface area contributed by atoms with Gasteiger partial charge in [0.2, 0.25) is 0 Å². The molecule has 3 aliphatic rings. The maximum absolute atomic E-state index is 13.6. The highest BCUT2D eigenvalue weighted by Crippen LogP contribution is 2.49. The Labute approximate surface area is 229 Å². The van der Waals surface area contributed by atoms with Gasteiger partial charge in [0.05, 0.1) is 40.6 Å². The number of para-hydroxylation sites is 2. The summed E-state index contributed by atoms with van der Waals surface area (Å²) in [5, 5.41) is 12.7. The summed E-state index contributed by atoms with van der Waals surface area (Å²) in [5.74, 6) is 0.0204. The molecular weight excluding hydrogens is 549 g/mol. The maximum Gasteiger partial charge on any atom is 0.406 e. The molecule has 0 aliphatic carbocycles. The van der Waals surface area contributed by atoms with Gasteiger partial charge < -0.3 is 19.7 Å². The molecule has 2 aromatic heterocycles. The summed E-state index contributed by atoms with van der Waals surface area (Å²) >= 11 is 0. The average molecular weight is 572 g/mol. The van der Waals surface area contributed by atoms with Gasteiger partial charge in [0, 0.05) is 29.8 Å². The Bertz CT molecular complexity index is 1690. The lowest BCUT2D eigenvalue weighted by atomic mass is 9.90. The molecule has 2 unspecified atom stereocenters. The number of alkyl halides is 5. The van der Waals surface area contributed by atoms with Crippen molar-refractivity contribution in [3.8, 4) is 17.0 Å². The van der Waals surface area contributed by atoms with Crippen molar-refractivity contribution < 1.29 is 36.6 Å². The van der Waals surface area contributed by atoms with Gasteiger partial charge in [-0.05, 0) is 42.8 Å². The van der Waals surface area contributed by atoms with Crippen LogP contribution < -0.4 is 10.1 Å². The predicted octanol–water partition coefficient (Wildman–Crippen LogP) is 4.58. The fourth-order valence-electron chi connectivity index (χ4n) is 6.34. The first-order valence-corrected chi connectivity index (χ1v) is 12.9. The smallest absolute Gasteiger partial charge is 0.406 e. The summed E-state index contributed by atoms with van der Waals surface area (Å²) in [5.41, 5.74) is 2.76. The molecule has 3 aliphatic heterocycles. The van der Waals surface area contributed by atoms with Crippen molar-refractivity contribution in [2.45, 2.75) is 50.0 Å². The number of amides is 1. The molecule has 0 radical (unpaired) electrons. The Kier molecular flexibility index (Phi) is 5.81. The molecule has 4 aromatic rings. The quantitative estimate of drug-likeness (QED) is 0.341. The molecule has 212 valence electrons. The number of halogens is 5.